The van der Waals surface area contributed by atoms with Crippen molar-refractivity contribution in [3.8, 4) is 0 Å². The molecule has 5 aliphatic rings. The third-order valence-corrected chi connectivity index (χ3v) is 14.4. The molecule has 13 atom stereocenters. The third-order valence-electron chi connectivity index (χ3n) is 14.4. The summed E-state index contributed by atoms with van der Waals surface area (Å²) >= 11 is 0. The molecule has 10 nitrogen and oxygen atoms in total. The van der Waals surface area contributed by atoms with Gasteiger partial charge in [-0.3, -0.25) is 9.59 Å². The van der Waals surface area contributed by atoms with Gasteiger partial charge in [0.25, 0.3) is 5.56 Å². The zero-order valence-electron chi connectivity index (χ0n) is 28.5. The highest BCUT2D eigenvalue weighted by Gasteiger charge is 2.62. The fourth-order valence-electron chi connectivity index (χ4n) is 11.8. The number of aliphatic hydroxyl groups is 3. The van der Waals surface area contributed by atoms with Gasteiger partial charge in [-0.25, -0.2) is 9.97 Å². The van der Waals surface area contributed by atoms with Gasteiger partial charge in [-0.1, -0.05) is 27.4 Å². The minimum absolute atomic E-state index is 0.0738. The molecule has 0 bridgehead atoms. The summed E-state index contributed by atoms with van der Waals surface area (Å²) in [6, 6.07) is -0.292. The first kappa shape index (κ1) is 33.0. The Morgan fingerprint density at radius 2 is 1.83 bits per heavy atom. The molecule has 2 aromatic heterocycles. The summed E-state index contributed by atoms with van der Waals surface area (Å²) in [5.41, 5.74) is 1.53. The number of aliphatic hydroxyl groups excluding tert-OH is 3. The highest BCUT2D eigenvalue weighted by Crippen LogP contribution is 2.68. The van der Waals surface area contributed by atoms with E-state index in [-0.39, 0.29) is 52.7 Å². The summed E-state index contributed by atoms with van der Waals surface area (Å²) in [6.07, 6.45) is 10.1. The number of hydrogen-bond acceptors (Lipinski definition) is 8. The minimum Gasteiger partial charge on any atom is -0.465 e. The maximum Gasteiger partial charge on any atom is 0.305 e. The highest BCUT2D eigenvalue weighted by atomic mass is 16.5. The van der Waals surface area contributed by atoms with Crippen molar-refractivity contribution in [1.29, 1.82) is 0 Å². The molecule has 4 unspecified atom stereocenters. The number of imidazole rings is 1. The standard InChI is InChI=1S/C37H54N4O6/c1-19(25-7-8-26-32-27(11-13-37(25,26)5)36(4)12-10-23(42)14-22(36)15-30(32)44)6-9-31(45)47-17-24-20(2)28(16-29(24)43)41-18-38-33-34(41)39-21(3)40-35(33)46/h18-19,22-30,32,42-44H,2,6-17H2,1,3-5H3,(H,39,40,46)/t19-,22+,23-,24+,25-,26?,27?,28+,29+,30?,32?,36+,37-/m1/s1. The summed E-state index contributed by atoms with van der Waals surface area (Å²) in [7, 11) is 0. The van der Waals surface area contributed by atoms with E-state index in [1.165, 1.54) is 6.42 Å². The molecule has 5 fully saturated rings. The third kappa shape index (κ3) is 5.41. The van der Waals surface area contributed by atoms with E-state index >= 15 is 0 Å². The van der Waals surface area contributed by atoms with E-state index in [0.717, 1.165) is 56.9 Å². The molecule has 258 valence electrons. The number of esters is 1. The number of aromatic nitrogens is 4. The number of aryl methyl sites for hydroxylation is 1. The van der Waals surface area contributed by atoms with Crippen molar-refractivity contribution >= 4 is 17.1 Å². The van der Waals surface area contributed by atoms with Crippen LogP contribution in [0.1, 0.15) is 103 Å². The number of nitrogens with zero attached hydrogens (tertiary/aromatic N) is 3. The van der Waals surface area contributed by atoms with E-state index in [0.29, 0.717) is 59.8 Å². The predicted molar refractivity (Wildman–Crippen MR) is 177 cm³/mol. The molecular weight excluding hydrogens is 596 g/mol. The van der Waals surface area contributed by atoms with Crippen LogP contribution in [0.3, 0.4) is 0 Å². The lowest BCUT2D eigenvalue weighted by atomic mass is 9.43. The van der Waals surface area contributed by atoms with E-state index in [1.54, 1.807) is 17.8 Å². The Morgan fingerprint density at radius 1 is 1.09 bits per heavy atom. The molecule has 2 aromatic rings. The molecule has 47 heavy (non-hydrogen) atoms. The zero-order valence-corrected chi connectivity index (χ0v) is 28.5. The van der Waals surface area contributed by atoms with Gasteiger partial charge in [0.05, 0.1) is 30.7 Å². The van der Waals surface area contributed by atoms with Crippen LogP contribution in [0, 0.1) is 59.2 Å². The number of rotatable bonds is 7. The normalized spacial score (nSPS) is 42.1. The number of ether oxygens (including phenoxy) is 1. The maximum atomic E-state index is 13.0. The average molecular weight is 651 g/mol. The molecule has 0 aliphatic heterocycles. The van der Waals surface area contributed by atoms with Crippen molar-refractivity contribution in [2.75, 3.05) is 6.61 Å². The van der Waals surface area contributed by atoms with E-state index in [9.17, 15) is 24.9 Å². The summed E-state index contributed by atoms with van der Waals surface area (Å²) in [5, 5.41) is 32.8. The first-order chi connectivity index (χ1) is 22.3. The van der Waals surface area contributed by atoms with Gasteiger partial charge in [-0.2, -0.15) is 0 Å². The fourth-order valence-corrected chi connectivity index (χ4v) is 11.8. The molecule has 0 radical (unpaired) electrons. The molecule has 0 spiro atoms. The molecule has 5 saturated carbocycles. The second kappa shape index (κ2) is 12.1. The fraction of sp³-hybridized carbons (Fsp3) is 0.784. The van der Waals surface area contributed by atoms with Crippen LogP contribution in [0.4, 0.5) is 0 Å². The molecule has 0 saturated heterocycles. The summed E-state index contributed by atoms with van der Waals surface area (Å²) in [5.74, 6) is 2.51. The number of hydrogen-bond donors (Lipinski definition) is 4. The number of H-pyrrole nitrogens is 1. The molecule has 0 aromatic carbocycles. The lowest BCUT2D eigenvalue weighted by Crippen LogP contribution is -2.58. The molecule has 7 rings (SSSR count). The molecule has 5 aliphatic carbocycles. The second-order valence-electron chi connectivity index (χ2n) is 16.6. The summed E-state index contributed by atoms with van der Waals surface area (Å²) in [4.78, 5) is 36.7. The van der Waals surface area contributed by atoms with Crippen molar-refractivity contribution in [1.82, 2.24) is 19.5 Å². The first-order valence-electron chi connectivity index (χ1n) is 18.1. The van der Waals surface area contributed by atoms with Gasteiger partial charge in [0.2, 0.25) is 0 Å². The largest absolute Gasteiger partial charge is 0.465 e. The lowest BCUT2D eigenvalue weighted by Gasteiger charge is -2.62. The molecule has 2 heterocycles. The quantitative estimate of drug-likeness (QED) is 0.245. The Morgan fingerprint density at radius 3 is 2.62 bits per heavy atom. The number of fused-ring (bicyclic) bond motifs is 6. The number of carbonyl (C=O) groups excluding carboxylic acids is 1. The van der Waals surface area contributed by atoms with Gasteiger partial charge in [0.1, 0.15) is 12.4 Å². The summed E-state index contributed by atoms with van der Waals surface area (Å²) < 4.78 is 7.54. The van der Waals surface area contributed by atoms with Crippen LogP contribution in [0.15, 0.2) is 23.3 Å². The van der Waals surface area contributed by atoms with E-state index in [4.69, 9.17) is 4.74 Å². The highest BCUT2D eigenvalue weighted by molar-refractivity contribution is 5.70. The molecule has 0 amide bonds. The number of carbonyl (C=O) groups is 1. The minimum atomic E-state index is -0.725. The SMILES string of the molecule is C=C1[C@H](COC(=O)CC[C@@H](C)[C@H]2CCC3C4C(O)C[C@@H]5C[C@H](O)CC[C@]5(C)C4CC[C@@]32C)[C@@H](O)C[C@@H]1n1cnc2c(=O)[nH]c(C)nc21. The topological polar surface area (TPSA) is 151 Å². The van der Waals surface area contributed by atoms with Gasteiger partial charge in [-0.05, 0) is 123 Å². The Hall–Kier alpha value is -2.56. The second-order valence-corrected chi connectivity index (χ2v) is 16.6. The van der Waals surface area contributed by atoms with E-state index < -0.39 is 12.0 Å². The van der Waals surface area contributed by atoms with Crippen LogP contribution >= 0.6 is 0 Å². The maximum absolute atomic E-state index is 13.0. The van der Waals surface area contributed by atoms with E-state index in [2.05, 4.69) is 42.3 Å². The predicted octanol–water partition coefficient (Wildman–Crippen LogP) is 4.86. The van der Waals surface area contributed by atoms with Gasteiger partial charge in [-0.15, -0.1) is 0 Å². The molecule has 10 heteroatoms. The Kier molecular flexibility index (Phi) is 8.48. The average Bonchev–Trinajstić information content (AvgIpc) is 3.68. The molecule has 4 N–H and O–H groups in total. The number of aromatic amines is 1. The van der Waals surface area contributed by atoms with Crippen molar-refractivity contribution in [2.45, 2.75) is 123 Å². The van der Waals surface area contributed by atoms with Gasteiger partial charge >= 0.3 is 5.97 Å². The van der Waals surface area contributed by atoms with Crippen LogP contribution in [0.5, 0.6) is 0 Å². The zero-order chi connectivity index (χ0) is 33.4. The van der Waals surface area contributed by atoms with Gasteiger partial charge in [0.15, 0.2) is 11.2 Å². The van der Waals surface area contributed by atoms with Crippen molar-refractivity contribution in [3.63, 3.8) is 0 Å². The summed E-state index contributed by atoms with van der Waals surface area (Å²) in [6.45, 7) is 13.2. The van der Waals surface area contributed by atoms with Gasteiger partial charge < -0.3 is 29.6 Å². The first-order valence-corrected chi connectivity index (χ1v) is 18.1. The lowest BCUT2D eigenvalue weighted by molar-refractivity contribution is -0.174. The number of nitrogens with one attached hydrogen (secondary N) is 1. The van der Waals surface area contributed by atoms with Crippen LogP contribution in [-0.4, -0.2) is 65.7 Å². The van der Waals surface area contributed by atoms with Crippen LogP contribution in [0.25, 0.3) is 11.2 Å². The van der Waals surface area contributed by atoms with Crippen molar-refractivity contribution in [2.24, 2.45) is 52.3 Å². The Bertz CT molecular complexity index is 1590. The molecular formula is C37H54N4O6. The van der Waals surface area contributed by atoms with E-state index in [1.807, 2.05) is 0 Å². The smallest absolute Gasteiger partial charge is 0.305 e. The van der Waals surface area contributed by atoms with Gasteiger partial charge in [0, 0.05) is 12.3 Å². The Labute approximate surface area is 277 Å². The Balaban J connectivity index is 0.943. The van der Waals surface area contributed by atoms with Crippen LogP contribution in [0.2, 0.25) is 0 Å². The monoisotopic (exact) mass is 650 g/mol. The van der Waals surface area contributed by atoms with Crippen molar-refractivity contribution in [3.05, 3.63) is 34.7 Å². The van der Waals surface area contributed by atoms with Crippen LogP contribution < -0.4 is 5.56 Å². The van der Waals surface area contributed by atoms with Crippen LogP contribution in [-0.2, 0) is 9.53 Å². The van der Waals surface area contributed by atoms with Crippen molar-refractivity contribution < 1.29 is 24.9 Å².